The molecule has 3 aromatic rings. The number of imidazole rings is 1. The summed E-state index contributed by atoms with van der Waals surface area (Å²) in [7, 11) is -3.85. The summed E-state index contributed by atoms with van der Waals surface area (Å²) in [5.41, 5.74) is 1.000. The lowest BCUT2D eigenvalue weighted by Gasteiger charge is -2.22. The Hall–Kier alpha value is -2.68. The molecule has 0 aliphatic heterocycles. The fourth-order valence-corrected chi connectivity index (χ4v) is 4.59. The molecule has 0 aliphatic rings. The number of carbonyl (C=O) groups excluding carboxylic acids is 1. The first-order valence-corrected chi connectivity index (χ1v) is 11.8. The Labute approximate surface area is 187 Å². The van der Waals surface area contributed by atoms with Crippen molar-refractivity contribution in [2.75, 3.05) is 19.6 Å². The van der Waals surface area contributed by atoms with Crippen LogP contribution in [-0.4, -0.2) is 47.8 Å². The number of benzene rings is 2. The van der Waals surface area contributed by atoms with Crippen LogP contribution >= 0.6 is 11.6 Å². The van der Waals surface area contributed by atoms with Crippen LogP contribution in [0.1, 0.15) is 12.0 Å². The molecule has 1 heterocycles. The topological polar surface area (TPSA) is 84.3 Å². The van der Waals surface area contributed by atoms with Gasteiger partial charge in [0.2, 0.25) is 15.9 Å². The van der Waals surface area contributed by atoms with Crippen LogP contribution in [-0.2, 0) is 27.8 Å². The molecule has 0 bridgehead atoms. The van der Waals surface area contributed by atoms with Crippen molar-refractivity contribution in [1.29, 1.82) is 0 Å². The van der Waals surface area contributed by atoms with Gasteiger partial charge in [-0.2, -0.15) is 4.31 Å². The lowest BCUT2D eigenvalue weighted by molar-refractivity contribution is -0.121. The number of amides is 1. The third-order valence-electron chi connectivity index (χ3n) is 4.74. The molecule has 0 radical (unpaired) electrons. The Kier molecular flexibility index (Phi) is 8.22. The molecule has 0 saturated carbocycles. The zero-order valence-electron chi connectivity index (χ0n) is 17.0. The summed E-state index contributed by atoms with van der Waals surface area (Å²) in [4.78, 5) is 16.6. The second-order valence-electron chi connectivity index (χ2n) is 7.03. The maximum Gasteiger partial charge on any atom is 0.243 e. The maximum absolute atomic E-state index is 13.2. The zero-order valence-corrected chi connectivity index (χ0v) is 18.6. The number of nitrogens with zero attached hydrogens (tertiary/aromatic N) is 3. The highest BCUT2D eigenvalue weighted by Crippen LogP contribution is 2.19. The van der Waals surface area contributed by atoms with Crippen LogP contribution in [0.25, 0.3) is 0 Å². The van der Waals surface area contributed by atoms with Gasteiger partial charge in [0.15, 0.2) is 0 Å². The summed E-state index contributed by atoms with van der Waals surface area (Å²) in [6, 6.07) is 15.5. The van der Waals surface area contributed by atoms with Gasteiger partial charge in [0, 0.05) is 37.1 Å². The Balaban J connectivity index is 1.64. The van der Waals surface area contributed by atoms with E-state index in [0.717, 1.165) is 18.5 Å². The Morgan fingerprint density at radius 3 is 2.52 bits per heavy atom. The molecule has 0 saturated heterocycles. The van der Waals surface area contributed by atoms with Gasteiger partial charge in [0.1, 0.15) is 0 Å². The van der Waals surface area contributed by atoms with Gasteiger partial charge in [-0.1, -0.05) is 41.9 Å². The molecule has 7 nitrogen and oxygen atoms in total. The maximum atomic E-state index is 13.2. The molecule has 1 aromatic heterocycles. The molecule has 0 fully saturated rings. The van der Waals surface area contributed by atoms with Crippen LogP contribution in [0.3, 0.4) is 0 Å². The fourth-order valence-electron chi connectivity index (χ4n) is 3.06. The summed E-state index contributed by atoms with van der Waals surface area (Å²) < 4.78 is 29.5. The standard InChI is InChI=1S/C22H25ClN4O3S/c23-20-7-9-21(10-8-20)31(29,30)27(15-11-19-5-2-1-3-6-19)17-22(28)25-12-4-14-26-16-13-24-18-26/h1-3,5-10,13,16,18H,4,11-12,14-15,17H2,(H,25,28). The number of nitrogens with one attached hydrogen (secondary N) is 1. The number of aryl methyl sites for hydroxylation is 1. The predicted octanol–water partition coefficient (Wildman–Crippen LogP) is 2.98. The van der Waals surface area contributed by atoms with Crippen LogP contribution in [0.5, 0.6) is 0 Å². The highest BCUT2D eigenvalue weighted by atomic mass is 35.5. The summed E-state index contributed by atoms with van der Waals surface area (Å²) in [6.07, 6.45) is 6.49. The summed E-state index contributed by atoms with van der Waals surface area (Å²) >= 11 is 5.90. The molecule has 0 unspecified atom stereocenters. The van der Waals surface area contributed by atoms with E-state index >= 15 is 0 Å². The molecular weight excluding hydrogens is 436 g/mol. The highest BCUT2D eigenvalue weighted by molar-refractivity contribution is 7.89. The minimum absolute atomic E-state index is 0.109. The van der Waals surface area contributed by atoms with Crippen LogP contribution in [0.15, 0.2) is 78.2 Å². The molecule has 164 valence electrons. The van der Waals surface area contributed by atoms with E-state index < -0.39 is 10.0 Å². The molecule has 1 amide bonds. The smallest absolute Gasteiger partial charge is 0.243 e. The number of halogens is 1. The van der Waals surface area contributed by atoms with Crippen LogP contribution in [0.4, 0.5) is 0 Å². The van der Waals surface area contributed by atoms with Crippen LogP contribution in [0.2, 0.25) is 5.02 Å². The van der Waals surface area contributed by atoms with Gasteiger partial charge in [0.05, 0.1) is 17.8 Å². The SMILES string of the molecule is O=C(CN(CCc1ccccc1)S(=O)(=O)c1ccc(Cl)cc1)NCCCn1ccnc1. The van der Waals surface area contributed by atoms with Gasteiger partial charge in [0.25, 0.3) is 0 Å². The molecular formula is C22H25ClN4O3S. The first kappa shape index (κ1) is 23.0. The van der Waals surface area contributed by atoms with Gasteiger partial charge in [-0.3, -0.25) is 4.79 Å². The van der Waals surface area contributed by atoms with E-state index in [1.54, 1.807) is 12.5 Å². The molecule has 0 aliphatic carbocycles. The minimum Gasteiger partial charge on any atom is -0.355 e. The van der Waals surface area contributed by atoms with Crippen molar-refractivity contribution in [3.8, 4) is 0 Å². The average molecular weight is 461 g/mol. The largest absolute Gasteiger partial charge is 0.355 e. The third-order valence-corrected chi connectivity index (χ3v) is 6.85. The van der Waals surface area contributed by atoms with Gasteiger partial charge in [-0.15, -0.1) is 0 Å². The van der Waals surface area contributed by atoms with Crippen molar-refractivity contribution < 1.29 is 13.2 Å². The summed E-state index contributed by atoms with van der Waals surface area (Å²) in [6.45, 7) is 1.12. The molecule has 0 spiro atoms. The van der Waals surface area contributed by atoms with E-state index in [1.807, 2.05) is 41.1 Å². The minimum atomic E-state index is -3.85. The van der Waals surface area contributed by atoms with E-state index in [-0.39, 0.29) is 23.9 Å². The van der Waals surface area contributed by atoms with Crippen molar-refractivity contribution in [3.63, 3.8) is 0 Å². The van der Waals surface area contributed by atoms with Crippen molar-refractivity contribution in [2.45, 2.75) is 24.3 Å². The van der Waals surface area contributed by atoms with E-state index in [0.29, 0.717) is 18.0 Å². The molecule has 9 heteroatoms. The highest BCUT2D eigenvalue weighted by Gasteiger charge is 2.26. The average Bonchev–Trinajstić information content (AvgIpc) is 3.29. The van der Waals surface area contributed by atoms with Crippen LogP contribution in [0, 0.1) is 0 Å². The van der Waals surface area contributed by atoms with Gasteiger partial charge in [-0.05, 0) is 42.7 Å². The second kappa shape index (κ2) is 11.1. The number of aromatic nitrogens is 2. The fraction of sp³-hybridized carbons (Fsp3) is 0.273. The van der Waals surface area contributed by atoms with E-state index in [1.165, 1.54) is 28.6 Å². The van der Waals surface area contributed by atoms with Crippen molar-refractivity contribution in [3.05, 3.63) is 83.9 Å². The van der Waals surface area contributed by atoms with Crippen molar-refractivity contribution in [2.24, 2.45) is 0 Å². The molecule has 2 aromatic carbocycles. The molecule has 3 rings (SSSR count). The monoisotopic (exact) mass is 460 g/mol. The number of hydrogen-bond donors (Lipinski definition) is 1. The second-order valence-corrected chi connectivity index (χ2v) is 9.41. The molecule has 31 heavy (non-hydrogen) atoms. The molecule has 1 N–H and O–H groups in total. The molecule has 0 atom stereocenters. The van der Waals surface area contributed by atoms with Crippen molar-refractivity contribution in [1.82, 2.24) is 19.2 Å². The summed E-state index contributed by atoms with van der Waals surface area (Å²) in [5, 5.41) is 3.26. The number of hydrogen-bond acceptors (Lipinski definition) is 4. The van der Waals surface area contributed by atoms with Gasteiger partial charge in [-0.25, -0.2) is 13.4 Å². The van der Waals surface area contributed by atoms with E-state index in [2.05, 4.69) is 10.3 Å². The number of carbonyl (C=O) groups is 1. The van der Waals surface area contributed by atoms with Crippen molar-refractivity contribution >= 4 is 27.5 Å². The first-order valence-electron chi connectivity index (χ1n) is 9.97. The first-order chi connectivity index (χ1) is 14.9. The van der Waals surface area contributed by atoms with Gasteiger partial charge >= 0.3 is 0 Å². The quantitative estimate of drug-likeness (QED) is 0.446. The van der Waals surface area contributed by atoms with E-state index in [4.69, 9.17) is 11.6 Å². The predicted molar refractivity (Wildman–Crippen MR) is 120 cm³/mol. The number of sulfonamides is 1. The Morgan fingerprint density at radius 1 is 1.10 bits per heavy atom. The Bertz CT molecular complexity index is 1060. The van der Waals surface area contributed by atoms with Crippen LogP contribution < -0.4 is 5.32 Å². The summed E-state index contributed by atoms with van der Waals surface area (Å²) in [5.74, 6) is -0.337. The third kappa shape index (κ3) is 6.92. The normalized spacial score (nSPS) is 11.5. The zero-order chi connectivity index (χ0) is 22.1. The van der Waals surface area contributed by atoms with Gasteiger partial charge < -0.3 is 9.88 Å². The van der Waals surface area contributed by atoms with E-state index in [9.17, 15) is 13.2 Å². The lowest BCUT2D eigenvalue weighted by atomic mass is 10.1. The number of rotatable bonds is 11. The lowest BCUT2D eigenvalue weighted by Crippen LogP contribution is -2.42. The Morgan fingerprint density at radius 2 is 1.84 bits per heavy atom.